The molecule has 0 aromatic heterocycles. The van der Waals surface area contributed by atoms with E-state index in [-0.39, 0.29) is 23.4 Å². The molecule has 0 saturated heterocycles. The number of allylic oxidation sites excluding steroid dienone is 2. The summed E-state index contributed by atoms with van der Waals surface area (Å²) in [5, 5.41) is 0. The molecule has 14 heavy (non-hydrogen) atoms. The fourth-order valence-corrected chi connectivity index (χ4v) is 2.78. The van der Waals surface area contributed by atoms with Gasteiger partial charge in [-0.25, -0.2) is 0 Å². The van der Waals surface area contributed by atoms with Gasteiger partial charge in [-0.05, 0) is 25.7 Å². The second-order valence-electron chi connectivity index (χ2n) is 4.50. The van der Waals surface area contributed by atoms with Crippen LogP contribution in [0.4, 0.5) is 0 Å². The summed E-state index contributed by atoms with van der Waals surface area (Å²) in [6, 6.07) is 0. The molecule has 0 aromatic rings. The Bertz CT molecular complexity index is 314. The summed E-state index contributed by atoms with van der Waals surface area (Å²) < 4.78 is 0. The summed E-state index contributed by atoms with van der Waals surface area (Å²) in [6.07, 6.45) is 5.11. The van der Waals surface area contributed by atoms with Gasteiger partial charge in [0.2, 0.25) is 11.6 Å². The quantitative estimate of drug-likeness (QED) is 0.496. The number of ketones is 2. The van der Waals surface area contributed by atoms with Gasteiger partial charge in [-0.3, -0.25) is 9.59 Å². The van der Waals surface area contributed by atoms with Crippen molar-refractivity contribution in [2.24, 2.45) is 17.8 Å². The van der Waals surface area contributed by atoms with Crippen molar-refractivity contribution in [1.82, 2.24) is 0 Å². The molecule has 3 atom stereocenters. The molecule has 2 heteroatoms. The predicted octanol–water partition coefficient (Wildman–Crippen LogP) is 2.14. The molecule has 3 rings (SSSR count). The molecule has 0 aliphatic heterocycles. The fourth-order valence-electron chi connectivity index (χ4n) is 2.78. The van der Waals surface area contributed by atoms with Crippen LogP contribution in [0.3, 0.4) is 0 Å². The Labute approximate surface area is 84.4 Å². The molecule has 0 aromatic carbocycles. The first-order valence-electron chi connectivity index (χ1n) is 5.41. The zero-order chi connectivity index (χ0) is 10.3. The highest BCUT2D eigenvalue weighted by Crippen LogP contribution is 2.42. The highest BCUT2D eigenvalue weighted by molar-refractivity contribution is 6.41. The van der Waals surface area contributed by atoms with Gasteiger partial charge in [-0.15, -0.1) is 0 Å². The zero-order valence-corrected chi connectivity index (χ0v) is 8.75. The Balaban J connectivity index is 2.28. The average Bonchev–Trinajstić information content (AvgIpc) is 2.16. The second kappa shape index (κ2) is 3.34. The fraction of sp³-hybridized carbons (Fsp3) is 0.667. The summed E-state index contributed by atoms with van der Waals surface area (Å²) in [7, 11) is 0. The first-order valence-corrected chi connectivity index (χ1v) is 5.41. The molecule has 3 aliphatic carbocycles. The van der Waals surface area contributed by atoms with Crippen LogP contribution in [-0.2, 0) is 9.59 Å². The minimum Gasteiger partial charge on any atom is -0.290 e. The number of Topliss-reactive ketones (excluding diaryl/α,β-unsaturated/α-hetero) is 2. The summed E-state index contributed by atoms with van der Waals surface area (Å²) in [6.45, 7) is 4.11. The lowest BCUT2D eigenvalue weighted by Gasteiger charge is -2.38. The number of carbonyl (C=O) groups excluding carboxylic acids is 2. The number of rotatable bonds is 2. The van der Waals surface area contributed by atoms with Crippen molar-refractivity contribution >= 4 is 11.6 Å². The molecule has 1 fully saturated rings. The van der Waals surface area contributed by atoms with Crippen LogP contribution in [0.25, 0.3) is 0 Å². The first-order chi connectivity index (χ1) is 6.65. The van der Waals surface area contributed by atoms with Crippen molar-refractivity contribution < 1.29 is 9.59 Å². The van der Waals surface area contributed by atoms with Crippen LogP contribution in [0.5, 0.6) is 0 Å². The van der Waals surface area contributed by atoms with Gasteiger partial charge in [0.1, 0.15) is 0 Å². The Morgan fingerprint density at radius 2 is 2.07 bits per heavy atom. The van der Waals surface area contributed by atoms with Crippen LogP contribution in [0, 0.1) is 17.8 Å². The van der Waals surface area contributed by atoms with Crippen LogP contribution in [0.2, 0.25) is 0 Å². The van der Waals surface area contributed by atoms with Gasteiger partial charge in [0.25, 0.3) is 0 Å². The third-order valence-electron chi connectivity index (χ3n) is 3.56. The van der Waals surface area contributed by atoms with E-state index in [0.717, 1.165) is 24.8 Å². The van der Waals surface area contributed by atoms with Crippen molar-refractivity contribution in [2.75, 3.05) is 0 Å². The first kappa shape index (κ1) is 9.63. The Morgan fingerprint density at radius 1 is 1.36 bits per heavy atom. The maximum Gasteiger partial charge on any atom is 0.206 e. The molecule has 76 valence electrons. The van der Waals surface area contributed by atoms with Gasteiger partial charge < -0.3 is 0 Å². The van der Waals surface area contributed by atoms with Gasteiger partial charge in [-0.2, -0.15) is 0 Å². The molecule has 0 heterocycles. The van der Waals surface area contributed by atoms with Crippen LogP contribution < -0.4 is 0 Å². The smallest absolute Gasteiger partial charge is 0.206 e. The minimum absolute atomic E-state index is 0.0796. The number of fused-ring (bicyclic) bond motifs is 2. The largest absolute Gasteiger partial charge is 0.290 e. The van der Waals surface area contributed by atoms with Crippen molar-refractivity contribution in [1.29, 1.82) is 0 Å². The molecule has 0 amide bonds. The maximum absolute atomic E-state index is 11.6. The summed E-state index contributed by atoms with van der Waals surface area (Å²) in [5.74, 6) is -0.0111. The number of hydrogen-bond donors (Lipinski definition) is 0. The summed E-state index contributed by atoms with van der Waals surface area (Å²) in [5.41, 5.74) is 1.12. The number of carbonyl (C=O) groups is 2. The Hall–Kier alpha value is -0.920. The third-order valence-corrected chi connectivity index (χ3v) is 3.56. The molecule has 0 spiro atoms. The molecular weight excluding hydrogens is 176 g/mol. The Morgan fingerprint density at radius 3 is 2.71 bits per heavy atom. The predicted molar refractivity (Wildman–Crippen MR) is 53.8 cm³/mol. The van der Waals surface area contributed by atoms with E-state index < -0.39 is 0 Å². The van der Waals surface area contributed by atoms with Crippen LogP contribution in [0.1, 0.15) is 33.1 Å². The Kier molecular flexibility index (Phi) is 2.30. The second-order valence-corrected chi connectivity index (χ2v) is 4.50. The van der Waals surface area contributed by atoms with Gasteiger partial charge in [0.15, 0.2) is 0 Å². The van der Waals surface area contributed by atoms with Gasteiger partial charge in [-0.1, -0.05) is 25.0 Å². The minimum atomic E-state index is -0.137. The van der Waals surface area contributed by atoms with Crippen molar-refractivity contribution in [3.63, 3.8) is 0 Å². The van der Waals surface area contributed by atoms with Crippen LogP contribution in [0.15, 0.2) is 11.6 Å². The highest BCUT2D eigenvalue weighted by atomic mass is 16.2. The van der Waals surface area contributed by atoms with Crippen LogP contribution in [-0.4, -0.2) is 11.6 Å². The van der Waals surface area contributed by atoms with Gasteiger partial charge in [0, 0.05) is 11.8 Å². The summed E-state index contributed by atoms with van der Waals surface area (Å²) in [4.78, 5) is 23.2. The molecule has 0 unspecified atom stereocenters. The zero-order valence-electron chi connectivity index (χ0n) is 8.75. The summed E-state index contributed by atoms with van der Waals surface area (Å²) >= 11 is 0. The third kappa shape index (κ3) is 1.24. The van der Waals surface area contributed by atoms with E-state index in [2.05, 4.69) is 6.92 Å². The van der Waals surface area contributed by atoms with Gasteiger partial charge >= 0.3 is 0 Å². The van der Waals surface area contributed by atoms with E-state index >= 15 is 0 Å². The lowest BCUT2D eigenvalue weighted by molar-refractivity contribution is -0.144. The SMILES string of the molecule is CCC[C@@H]1C[C@H]2C(=O)C(=O)[C@@H]1C=C2C. The standard InChI is InChI=1S/C12H16O2/c1-3-4-8-6-9-7(2)5-10(8)12(14)11(9)13/h5,8-10H,3-4,6H2,1-2H3/t8-,9-,10-/m1/s1. The normalized spacial score (nSPS) is 36.1. The lowest BCUT2D eigenvalue weighted by Crippen LogP contribution is -2.44. The van der Waals surface area contributed by atoms with E-state index in [1.165, 1.54) is 0 Å². The molecule has 0 N–H and O–H groups in total. The van der Waals surface area contributed by atoms with Gasteiger partial charge in [0.05, 0.1) is 0 Å². The highest BCUT2D eigenvalue weighted by Gasteiger charge is 2.45. The van der Waals surface area contributed by atoms with Crippen molar-refractivity contribution in [2.45, 2.75) is 33.1 Å². The van der Waals surface area contributed by atoms with E-state index in [4.69, 9.17) is 0 Å². The van der Waals surface area contributed by atoms with E-state index in [1.807, 2.05) is 13.0 Å². The molecule has 3 aliphatic rings. The lowest BCUT2D eigenvalue weighted by atomic mass is 9.63. The van der Waals surface area contributed by atoms with E-state index in [1.54, 1.807) is 0 Å². The number of hydrogen-bond acceptors (Lipinski definition) is 2. The van der Waals surface area contributed by atoms with E-state index in [0.29, 0.717) is 5.92 Å². The molecule has 0 radical (unpaired) electrons. The monoisotopic (exact) mass is 192 g/mol. The topological polar surface area (TPSA) is 34.1 Å². The molecular formula is C12H16O2. The molecule has 2 nitrogen and oxygen atoms in total. The van der Waals surface area contributed by atoms with Crippen molar-refractivity contribution in [3.05, 3.63) is 11.6 Å². The van der Waals surface area contributed by atoms with Crippen molar-refractivity contribution in [3.8, 4) is 0 Å². The van der Waals surface area contributed by atoms with E-state index in [9.17, 15) is 9.59 Å². The van der Waals surface area contributed by atoms with Crippen LogP contribution >= 0.6 is 0 Å². The molecule has 1 saturated carbocycles. The molecule has 2 bridgehead atoms. The average molecular weight is 192 g/mol. The maximum atomic E-state index is 11.6.